The zero-order valence-corrected chi connectivity index (χ0v) is 10.9. The lowest BCUT2D eigenvalue weighted by atomic mass is 10.3. The average molecular weight is 277 g/mol. The van der Waals surface area contributed by atoms with E-state index in [0.717, 1.165) is 4.90 Å². The topological polar surface area (TPSA) is 72.6 Å². The van der Waals surface area contributed by atoms with Crippen LogP contribution < -0.4 is 4.74 Å². The van der Waals surface area contributed by atoms with Gasteiger partial charge in [0.1, 0.15) is 11.5 Å². The maximum absolute atomic E-state index is 11.0. The van der Waals surface area contributed by atoms with E-state index in [1.165, 1.54) is 37.1 Å². The molecule has 0 aromatic heterocycles. The third-order valence-corrected chi connectivity index (χ3v) is 3.50. The summed E-state index contributed by atoms with van der Waals surface area (Å²) in [6.07, 6.45) is 0. The second-order valence-corrected chi connectivity index (χ2v) is 4.80. The first-order chi connectivity index (χ1) is 9.10. The van der Waals surface area contributed by atoms with Crippen LogP contribution in [0.5, 0.6) is 11.5 Å². The van der Waals surface area contributed by atoms with E-state index >= 15 is 0 Å². The normalized spacial score (nSPS) is 10.2. The van der Waals surface area contributed by atoms with E-state index in [2.05, 4.69) is 0 Å². The second-order valence-electron chi connectivity index (χ2n) is 3.69. The van der Waals surface area contributed by atoms with Crippen molar-refractivity contribution in [1.82, 2.24) is 0 Å². The lowest BCUT2D eigenvalue weighted by Gasteiger charge is -2.05. The van der Waals surface area contributed by atoms with Gasteiger partial charge in [-0.2, -0.15) is 0 Å². The quantitative estimate of drug-likeness (QED) is 0.684. The van der Waals surface area contributed by atoms with Crippen LogP contribution in [0.25, 0.3) is 0 Å². The number of aromatic hydroxyl groups is 1. The molecular formula is C13H11NO4S. The number of nitro groups is 1. The van der Waals surface area contributed by atoms with Crippen LogP contribution in [0.4, 0.5) is 5.69 Å². The molecule has 1 N–H and O–H groups in total. The highest BCUT2D eigenvalue weighted by Crippen LogP contribution is 2.37. The Labute approximate surface area is 114 Å². The van der Waals surface area contributed by atoms with Crippen LogP contribution in [0.1, 0.15) is 0 Å². The zero-order chi connectivity index (χ0) is 13.8. The Morgan fingerprint density at radius 3 is 2.47 bits per heavy atom. The number of benzene rings is 2. The molecule has 0 radical (unpaired) electrons. The van der Waals surface area contributed by atoms with Gasteiger partial charge in [0, 0.05) is 4.90 Å². The lowest BCUT2D eigenvalue weighted by Crippen LogP contribution is -1.92. The van der Waals surface area contributed by atoms with Gasteiger partial charge in [-0.05, 0) is 36.4 Å². The predicted octanol–water partition coefficient (Wildman–Crippen LogP) is 3.46. The minimum absolute atomic E-state index is 0.00238. The van der Waals surface area contributed by atoms with Crippen molar-refractivity contribution in [3.05, 3.63) is 52.6 Å². The van der Waals surface area contributed by atoms with Gasteiger partial charge in [-0.3, -0.25) is 10.1 Å². The van der Waals surface area contributed by atoms with Crippen LogP contribution >= 0.6 is 11.8 Å². The summed E-state index contributed by atoms with van der Waals surface area (Å²) in [6.45, 7) is 0. The summed E-state index contributed by atoms with van der Waals surface area (Å²) in [6, 6.07) is 11.2. The smallest absolute Gasteiger partial charge is 0.286 e. The van der Waals surface area contributed by atoms with E-state index in [-0.39, 0.29) is 11.4 Å². The van der Waals surface area contributed by atoms with Gasteiger partial charge in [0.25, 0.3) is 5.69 Å². The van der Waals surface area contributed by atoms with Crippen molar-refractivity contribution < 1.29 is 14.8 Å². The third-order valence-electron chi connectivity index (χ3n) is 2.43. The van der Waals surface area contributed by atoms with Crippen LogP contribution in [0.3, 0.4) is 0 Å². The van der Waals surface area contributed by atoms with Gasteiger partial charge in [-0.15, -0.1) is 0 Å². The molecule has 0 aliphatic carbocycles. The van der Waals surface area contributed by atoms with Crippen LogP contribution in [0, 0.1) is 10.1 Å². The van der Waals surface area contributed by atoms with E-state index in [1.54, 1.807) is 24.3 Å². The standard InChI is InChI=1S/C13H11NO4S/c1-18-10-4-7-13(12(8-10)14(16)17)19-11-5-2-9(15)3-6-11/h2-8,15H,1H3. The van der Waals surface area contributed by atoms with Crippen molar-refractivity contribution in [1.29, 1.82) is 0 Å². The minimum Gasteiger partial charge on any atom is -0.508 e. The molecule has 98 valence electrons. The largest absolute Gasteiger partial charge is 0.508 e. The molecule has 0 fully saturated rings. The Morgan fingerprint density at radius 2 is 1.89 bits per heavy atom. The summed E-state index contributed by atoms with van der Waals surface area (Å²) in [7, 11) is 1.46. The van der Waals surface area contributed by atoms with Gasteiger partial charge in [0.05, 0.1) is 23.0 Å². The zero-order valence-electron chi connectivity index (χ0n) is 10.1. The summed E-state index contributed by atoms with van der Waals surface area (Å²) < 4.78 is 4.98. The van der Waals surface area contributed by atoms with Gasteiger partial charge in [0.15, 0.2) is 0 Å². The molecule has 0 saturated heterocycles. The molecule has 6 heteroatoms. The Hall–Kier alpha value is -2.21. The van der Waals surface area contributed by atoms with Crippen LogP contribution in [-0.4, -0.2) is 17.1 Å². The monoisotopic (exact) mass is 277 g/mol. The van der Waals surface area contributed by atoms with Gasteiger partial charge in [-0.1, -0.05) is 11.8 Å². The minimum atomic E-state index is -0.439. The number of hydrogen-bond acceptors (Lipinski definition) is 5. The molecular weight excluding hydrogens is 266 g/mol. The van der Waals surface area contributed by atoms with E-state index in [1.807, 2.05) is 0 Å². The molecule has 19 heavy (non-hydrogen) atoms. The summed E-state index contributed by atoms with van der Waals surface area (Å²) >= 11 is 1.26. The molecule has 0 saturated carbocycles. The number of rotatable bonds is 4. The highest BCUT2D eigenvalue weighted by atomic mass is 32.2. The first kappa shape index (κ1) is 13.2. The van der Waals surface area contributed by atoms with E-state index < -0.39 is 4.92 Å². The number of hydrogen-bond donors (Lipinski definition) is 1. The fourth-order valence-corrected chi connectivity index (χ4v) is 2.39. The molecule has 0 aliphatic rings. The van der Waals surface area contributed by atoms with Crippen molar-refractivity contribution in [3.63, 3.8) is 0 Å². The summed E-state index contributed by atoms with van der Waals surface area (Å²) in [4.78, 5) is 11.9. The SMILES string of the molecule is COc1ccc(Sc2ccc(O)cc2)c([N+](=O)[O-])c1. The number of phenols is 1. The van der Waals surface area contributed by atoms with Crippen LogP contribution in [0.15, 0.2) is 52.3 Å². The van der Waals surface area contributed by atoms with Crippen LogP contribution in [-0.2, 0) is 0 Å². The van der Waals surface area contributed by atoms with E-state index in [9.17, 15) is 15.2 Å². The van der Waals surface area contributed by atoms with Crippen molar-refractivity contribution in [2.24, 2.45) is 0 Å². The molecule has 0 spiro atoms. The molecule has 0 unspecified atom stereocenters. The molecule has 2 aromatic carbocycles. The third kappa shape index (κ3) is 3.17. The second kappa shape index (κ2) is 5.62. The summed E-state index contributed by atoms with van der Waals surface area (Å²) in [5.74, 6) is 0.607. The molecule has 0 heterocycles. The van der Waals surface area contributed by atoms with E-state index in [0.29, 0.717) is 10.6 Å². The number of nitrogens with zero attached hydrogens (tertiary/aromatic N) is 1. The first-order valence-corrected chi connectivity index (χ1v) is 6.21. The maximum atomic E-state index is 11.0. The highest BCUT2D eigenvalue weighted by Gasteiger charge is 2.16. The molecule has 2 aromatic rings. The van der Waals surface area contributed by atoms with Gasteiger partial charge in [0.2, 0.25) is 0 Å². The summed E-state index contributed by atoms with van der Waals surface area (Å²) in [5.41, 5.74) is -0.00238. The Kier molecular flexibility index (Phi) is 3.91. The molecule has 0 amide bonds. The fraction of sp³-hybridized carbons (Fsp3) is 0.0769. The van der Waals surface area contributed by atoms with Crippen molar-refractivity contribution in [2.45, 2.75) is 9.79 Å². The van der Waals surface area contributed by atoms with Gasteiger partial charge in [-0.25, -0.2) is 0 Å². The maximum Gasteiger partial charge on any atom is 0.286 e. The average Bonchev–Trinajstić information content (AvgIpc) is 2.41. The van der Waals surface area contributed by atoms with Gasteiger partial charge >= 0.3 is 0 Å². The molecule has 0 aliphatic heterocycles. The number of ether oxygens (including phenoxy) is 1. The fourth-order valence-electron chi connectivity index (χ4n) is 1.49. The first-order valence-electron chi connectivity index (χ1n) is 5.39. The molecule has 2 rings (SSSR count). The molecule has 0 bridgehead atoms. The van der Waals surface area contributed by atoms with Crippen LogP contribution in [0.2, 0.25) is 0 Å². The Morgan fingerprint density at radius 1 is 1.21 bits per heavy atom. The van der Waals surface area contributed by atoms with Crippen molar-refractivity contribution >= 4 is 17.4 Å². The predicted molar refractivity (Wildman–Crippen MR) is 71.9 cm³/mol. The van der Waals surface area contributed by atoms with Crippen molar-refractivity contribution in [2.75, 3.05) is 7.11 Å². The lowest BCUT2D eigenvalue weighted by molar-refractivity contribution is -0.387. The van der Waals surface area contributed by atoms with Gasteiger partial charge < -0.3 is 9.84 Å². The Bertz CT molecular complexity index is 598. The molecule has 0 atom stereocenters. The number of nitro benzene ring substituents is 1. The summed E-state index contributed by atoms with van der Waals surface area (Å²) in [5, 5.41) is 20.2. The molecule has 5 nitrogen and oxygen atoms in total. The number of phenolic OH excluding ortho intramolecular Hbond substituents is 1. The Balaban J connectivity index is 2.33. The highest BCUT2D eigenvalue weighted by molar-refractivity contribution is 7.99. The van der Waals surface area contributed by atoms with E-state index in [4.69, 9.17) is 4.74 Å². The van der Waals surface area contributed by atoms with Crippen molar-refractivity contribution in [3.8, 4) is 11.5 Å². The number of methoxy groups -OCH3 is 1.